The highest BCUT2D eigenvalue weighted by Gasteiger charge is 2.18. The number of aliphatic hydroxyl groups is 1. The number of carbonyl (C=O) groups is 1. The molecule has 82 valence electrons. The first-order valence-electron chi connectivity index (χ1n) is 5.64. The lowest BCUT2D eigenvalue weighted by atomic mass is 9.95. The van der Waals surface area contributed by atoms with E-state index in [1.54, 1.807) is 0 Å². The van der Waals surface area contributed by atoms with Crippen molar-refractivity contribution in [3.8, 4) is 0 Å². The van der Waals surface area contributed by atoms with Crippen molar-refractivity contribution < 1.29 is 9.90 Å². The van der Waals surface area contributed by atoms with Crippen LogP contribution in [0.2, 0.25) is 0 Å². The Balaban J connectivity index is 2.05. The summed E-state index contributed by atoms with van der Waals surface area (Å²) in [5.74, 6) is 0.289. The topological polar surface area (TPSA) is 42.2 Å². The SMILES string of the molecule is O=C1CCCc2cn(CCCCO)cc21. The number of rotatable bonds is 4. The fourth-order valence-electron chi connectivity index (χ4n) is 2.12. The highest BCUT2D eigenvalue weighted by Crippen LogP contribution is 2.22. The lowest BCUT2D eigenvalue weighted by molar-refractivity contribution is 0.0973. The van der Waals surface area contributed by atoms with Gasteiger partial charge in [0.15, 0.2) is 5.78 Å². The molecule has 0 amide bonds. The Morgan fingerprint density at radius 2 is 2.13 bits per heavy atom. The average molecular weight is 207 g/mol. The molecule has 1 aliphatic carbocycles. The van der Waals surface area contributed by atoms with Crippen LogP contribution in [0.15, 0.2) is 12.4 Å². The standard InChI is InChI=1S/C12H17NO2/c14-7-2-1-6-13-8-10-4-3-5-12(15)11(10)9-13/h8-9,14H,1-7H2. The van der Waals surface area contributed by atoms with E-state index in [1.807, 2.05) is 6.20 Å². The van der Waals surface area contributed by atoms with Gasteiger partial charge in [-0.2, -0.15) is 0 Å². The molecule has 1 aromatic rings. The molecule has 0 saturated carbocycles. The number of hydrogen-bond donors (Lipinski definition) is 1. The number of nitrogens with zero attached hydrogens (tertiary/aromatic N) is 1. The van der Waals surface area contributed by atoms with E-state index in [0.29, 0.717) is 6.42 Å². The molecule has 1 aliphatic rings. The molecule has 1 aromatic heterocycles. The summed E-state index contributed by atoms with van der Waals surface area (Å²) in [4.78, 5) is 11.6. The maximum absolute atomic E-state index is 11.6. The molecule has 1 N–H and O–H groups in total. The van der Waals surface area contributed by atoms with Crippen LogP contribution in [0.4, 0.5) is 0 Å². The van der Waals surface area contributed by atoms with Crippen molar-refractivity contribution in [3.05, 3.63) is 23.5 Å². The summed E-state index contributed by atoms with van der Waals surface area (Å²) in [6, 6.07) is 0. The summed E-state index contributed by atoms with van der Waals surface area (Å²) in [5, 5.41) is 8.69. The average Bonchev–Trinajstić information content (AvgIpc) is 2.63. The normalized spacial score (nSPS) is 15.4. The first kappa shape index (κ1) is 10.4. The molecule has 0 bridgehead atoms. The van der Waals surface area contributed by atoms with Crippen molar-refractivity contribution in [2.45, 2.75) is 38.6 Å². The van der Waals surface area contributed by atoms with Gasteiger partial charge in [0.2, 0.25) is 0 Å². The van der Waals surface area contributed by atoms with Crippen LogP contribution >= 0.6 is 0 Å². The van der Waals surface area contributed by atoms with Crippen LogP contribution < -0.4 is 0 Å². The van der Waals surface area contributed by atoms with Crippen LogP contribution in [-0.4, -0.2) is 22.1 Å². The summed E-state index contributed by atoms with van der Waals surface area (Å²) >= 11 is 0. The monoisotopic (exact) mass is 207 g/mol. The Morgan fingerprint density at radius 1 is 1.27 bits per heavy atom. The number of aromatic nitrogens is 1. The Bertz CT molecular complexity index is 355. The van der Waals surface area contributed by atoms with Crippen molar-refractivity contribution in [2.75, 3.05) is 6.61 Å². The number of carbonyl (C=O) groups excluding carboxylic acids is 1. The molecule has 0 aliphatic heterocycles. The fraction of sp³-hybridized carbons (Fsp3) is 0.583. The van der Waals surface area contributed by atoms with E-state index in [2.05, 4.69) is 10.8 Å². The van der Waals surface area contributed by atoms with Crippen LogP contribution in [-0.2, 0) is 13.0 Å². The molecule has 0 fully saturated rings. The summed E-state index contributed by atoms with van der Waals surface area (Å²) < 4.78 is 2.09. The van der Waals surface area contributed by atoms with E-state index in [4.69, 9.17) is 5.11 Å². The first-order valence-corrected chi connectivity index (χ1v) is 5.64. The molecule has 15 heavy (non-hydrogen) atoms. The highest BCUT2D eigenvalue weighted by atomic mass is 16.2. The number of hydrogen-bond acceptors (Lipinski definition) is 2. The molecule has 2 rings (SSSR count). The Kier molecular flexibility index (Phi) is 3.21. The molecule has 0 unspecified atom stereocenters. The van der Waals surface area contributed by atoms with Gasteiger partial charge in [-0.3, -0.25) is 4.79 Å². The maximum atomic E-state index is 11.6. The van der Waals surface area contributed by atoms with Crippen molar-refractivity contribution >= 4 is 5.78 Å². The second-order valence-corrected chi connectivity index (χ2v) is 4.14. The van der Waals surface area contributed by atoms with Gasteiger partial charge in [0.25, 0.3) is 0 Å². The van der Waals surface area contributed by atoms with Crippen LogP contribution in [0.25, 0.3) is 0 Å². The minimum atomic E-state index is 0.250. The smallest absolute Gasteiger partial charge is 0.164 e. The molecule has 0 aromatic carbocycles. The summed E-state index contributed by atoms with van der Waals surface area (Å²) in [5.41, 5.74) is 2.13. The van der Waals surface area contributed by atoms with Gasteiger partial charge in [0, 0.05) is 37.5 Å². The third-order valence-corrected chi connectivity index (χ3v) is 2.94. The van der Waals surface area contributed by atoms with Crippen molar-refractivity contribution in [2.24, 2.45) is 0 Å². The van der Waals surface area contributed by atoms with Gasteiger partial charge in [-0.1, -0.05) is 0 Å². The van der Waals surface area contributed by atoms with E-state index in [1.165, 1.54) is 5.56 Å². The minimum Gasteiger partial charge on any atom is -0.396 e. The summed E-state index contributed by atoms with van der Waals surface area (Å²) in [6.07, 6.45) is 8.58. The Hall–Kier alpha value is -1.09. The number of unbranched alkanes of at least 4 members (excludes halogenated alkanes) is 1. The first-order chi connectivity index (χ1) is 7.31. The van der Waals surface area contributed by atoms with Gasteiger partial charge in [0.05, 0.1) is 0 Å². The minimum absolute atomic E-state index is 0.250. The number of ketones is 1. The molecular formula is C12H17NO2. The van der Waals surface area contributed by atoms with Crippen molar-refractivity contribution in [1.82, 2.24) is 4.57 Å². The Labute approximate surface area is 89.7 Å². The van der Waals surface area contributed by atoms with Gasteiger partial charge in [-0.25, -0.2) is 0 Å². The van der Waals surface area contributed by atoms with E-state index < -0.39 is 0 Å². The number of aliphatic hydroxyl groups excluding tert-OH is 1. The molecule has 0 radical (unpaired) electrons. The molecule has 3 heteroatoms. The molecule has 1 heterocycles. The number of aryl methyl sites for hydroxylation is 2. The summed E-state index contributed by atoms with van der Waals surface area (Å²) in [7, 11) is 0. The second kappa shape index (κ2) is 4.62. The Morgan fingerprint density at radius 3 is 2.87 bits per heavy atom. The van der Waals surface area contributed by atoms with Gasteiger partial charge >= 0.3 is 0 Å². The van der Waals surface area contributed by atoms with E-state index in [9.17, 15) is 4.79 Å². The van der Waals surface area contributed by atoms with Crippen LogP contribution in [0.3, 0.4) is 0 Å². The van der Waals surface area contributed by atoms with Gasteiger partial charge < -0.3 is 9.67 Å². The zero-order chi connectivity index (χ0) is 10.7. The number of Topliss-reactive ketones (excluding diaryl/α,β-unsaturated/α-hetero) is 1. The van der Waals surface area contributed by atoms with Crippen molar-refractivity contribution in [1.29, 1.82) is 0 Å². The zero-order valence-corrected chi connectivity index (χ0v) is 8.91. The third-order valence-electron chi connectivity index (χ3n) is 2.94. The molecule has 3 nitrogen and oxygen atoms in total. The second-order valence-electron chi connectivity index (χ2n) is 4.14. The van der Waals surface area contributed by atoms with Gasteiger partial charge in [0.1, 0.15) is 0 Å². The lowest BCUT2D eigenvalue weighted by Crippen LogP contribution is -2.07. The molecular weight excluding hydrogens is 190 g/mol. The van der Waals surface area contributed by atoms with E-state index in [0.717, 1.165) is 37.8 Å². The van der Waals surface area contributed by atoms with Crippen LogP contribution in [0.5, 0.6) is 0 Å². The fourth-order valence-corrected chi connectivity index (χ4v) is 2.12. The van der Waals surface area contributed by atoms with Crippen LogP contribution in [0, 0.1) is 0 Å². The van der Waals surface area contributed by atoms with Gasteiger partial charge in [-0.15, -0.1) is 0 Å². The van der Waals surface area contributed by atoms with E-state index in [-0.39, 0.29) is 12.4 Å². The number of fused-ring (bicyclic) bond motifs is 1. The predicted molar refractivity (Wildman–Crippen MR) is 58.0 cm³/mol. The molecule has 0 saturated heterocycles. The quantitative estimate of drug-likeness (QED) is 0.765. The lowest BCUT2D eigenvalue weighted by Gasteiger charge is -2.07. The third kappa shape index (κ3) is 2.29. The maximum Gasteiger partial charge on any atom is 0.164 e. The largest absolute Gasteiger partial charge is 0.396 e. The van der Waals surface area contributed by atoms with E-state index >= 15 is 0 Å². The molecule has 0 atom stereocenters. The van der Waals surface area contributed by atoms with Gasteiger partial charge in [-0.05, 0) is 31.2 Å². The zero-order valence-electron chi connectivity index (χ0n) is 8.91. The molecule has 0 spiro atoms. The predicted octanol–water partition coefficient (Wildman–Crippen LogP) is 1.78. The van der Waals surface area contributed by atoms with Crippen molar-refractivity contribution in [3.63, 3.8) is 0 Å². The highest BCUT2D eigenvalue weighted by molar-refractivity contribution is 5.98. The van der Waals surface area contributed by atoms with Crippen LogP contribution in [0.1, 0.15) is 41.6 Å². The summed E-state index contributed by atoms with van der Waals surface area (Å²) in [6.45, 7) is 1.15.